The van der Waals surface area contributed by atoms with Crippen LogP contribution in [0.3, 0.4) is 0 Å². The molecule has 2 heteroatoms. The fourth-order valence-corrected chi connectivity index (χ4v) is 1.92. The van der Waals surface area contributed by atoms with Crippen LogP contribution in [0.5, 0.6) is 0 Å². The molecule has 0 bridgehead atoms. The molecule has 0 aromatic carbocycles. The highest BCUT2D eigenvalue weighted by molar-refractivity contribution is 4.65. The Morgan fingerprint density at radius 1 is 1.07 bits per heavy atom. The second-order valence-corrected chi connectivity index (χ2v) is 5.12. The van der Waals surface area contributed by atoms with E-state index in [1.807, 2.05) is 7.05 Å². The van der Waals surface area contributed by atoms with Crippen molar-refractivity contribution >= 4 is 0 Å². The lowest BCUT2D eigenvalue weighted by molar-refractivity contribution is 0.224. The summed E-state index contributed by atoms with van der Waals surface area (Å²) >= 11 is 0. The molecule has 1 unspecified atom stereocenters. The van der Waals surface area contributed by atoms with Gasteiger partial charge in [-0.2, -0.15) is 0 Å². The summed E-state index contributed by atoms with van der Waals surface area (Å²) in [7, 11) is 4.28. The van der Waals surface area contributed by atoms with Gasteiger partial charge in [-0.3, -0.25) is 0 Å². The molecule has 0 fully saturated rings. The van der Waals surface area contributed by atoms with Crippen LogP contribution in [0.25, 0.3) is 0 Å². The summed E-state index contributed by atoms with van der Waals surface area (Å²) in [5.41, 5.74) is 0. The maximum atomic E-state index is 3.19. The molecule has 0 amide bonds. The standard InChI is InChI=1S/C13H30N2/c1-12(2)11-13(3)15(5)10-8-6-7-9-14-4/h12-14H,6-11H2,1-5H3. The van der Waals surface area contributed by atoms with Gasteiger partial charge < -0.3 is 10.2 Å². The molecule has 0 rings (SSSR count). The van der Waals surface area contributed by atoms with Crippen molar-refractivity contribution in [1.82, 2.24) is 10.2 Å². The Balaban J connectivity index is 3.42. The van der Waals surface area contributed by atoms with Gasteiger partial charge in [-0.05, 0) is 59.3 Å². The fraction of sp³-hybridized carbons (Fsp3) is 1.00. The molecule has 0 heterocycles. The topological polar surface area (TPSA) is 15.3 Å². The van der Waals surface area contributed by atoms with Crippen LogP contribution in [0.4, 0.5) is 0 Å². The van der Waals surface area contributed by atoms with Gasteiger partial charge in [0.2, 0.25) is 0 Å². The summed E-state index contributed by atoms with van der Waals surface area (Å²) in [6, 6.07) is 0.731. The zero-order valence-electron chi connectivity index (χ0n) is 11.3. The van der Waals surface area contributed by atoms with Gasteiger partial charge in [-0.1, -0.05) is 20.3 Å². The Bertz CT molecular complexity index is 134. The summed E-state index contributed by atoms with van der Waals surface area (Å²) in [5.74, 6) is 0.812. The van der Waals surface area contributed by atoms with E-state index in [-0.39, 0.29) is 0 Å². The van der Waals surface area contributed by atoms with Crippen molar-refractivity contribution in [2.75, 3.05) is 27.2 Å². The van der Waals surface area contributed by atoms with Gasteiger partial charge >= 0.3 is 0 Å². The average Bonchev–Trinajstić information content (AvgIpc) is 2.16. The van der Waals surface area contributed by atoms with Crippen LogP contribution in [0.1, 0.15) is 46.5 Å². The van der Waals surface area contributed by atoms with Crippen molar-refractivity contribution in [3.8, 4) is 0 Å². The van der Waals surface area contributed by atoms with E-state index < -0.39 is 0 Å². The van der Waals surface area contributed by atoms with Gasteiger partial charge in [0.15, 0.2) is 0 Å². The smallest absolute Gasteiger partial charge is 0.00663 e. The maximum absolute atomic E-state index is 3.19. The van der Waals surface area contributed by atoms with Crippen molar-refractivity contribution < 1.29 is 0 Å². The minimum absolute atomic E-state index is 0.731. The number of nitrogens with zero attached hydrogens (tertiary/aromatic N) is 1. The maximum Gasteiger partial charge on any atom is 0.00663 e. The average molecular weight is 214 g/mol. The van der Waals surface area contributed by atoms with Gasteiger partial charge in [-0.25, -0.2) is 0 Å². The number of rotatable bonds is 9. The quantitative estimate of drug-likeness (QED) is 0.594. The summed E-state index contributed by atoms with van der Waals surface area (Å²) < 4.78 is 0. The molecule has 2 nitrogen and oxygen atoms in total. The first-order valence-electron chi connectivity index (χ1n) is 6.42. The summed E-state index contributed by atoms with van der Waals surface area (Å²) in [4.78, 5) is 2.50. The van der Waals surface area contributed by atoms with Crippen molar-refractivity contribution in [2.45, 2.75) is 52.5 Å². The third kappa shape index (κ3) is 8.88. The van der Waals surface area contributed by atoms with E-state index in [9.17, 15) is 0 Å². The normalized spacial score (nSPS) is 13.8. The Morgan fingerprint density at radius 3 is 2.27 bits per heavy atom. The number of nitrogens with one attached hydrogen (secondary N) is 1. The Labute approximate surface area is 96.4 Å². The molecule has 15 heavy (non-hydrogen) atoms. The summed E-state index contributed by atoms with van der Waals surface area (Å²) in [5, 5.41) is 3.19. The largest absolute Gasteiger partial charge is 0.320 e. The van der Waals surface area contributed by atoms with Crippen LogP contribution < -0.4 is 5.32 Å². The van der Waals surface area contributed by atoms with Crippen molar-refractivity contribution in [3.63, 3.8) is 0 Å². The molecule has 0 saturated heterocycles. The first-order valence-corrected chi connectivity index (χ1v) is 6.42. The van der Waals surface area contributed by atoms with Crippen LogP contribution in [-0.2, 0) is 0 Å². The lowest BCUT2D eigenvalue weighted by Crippen LogP contribution is -2.31. The van der Waals surface area contributed by atoms with Crippen molar-refractivity contribution in [1.29, 1.82) is 0 Å². The lowest BCUT2D eigenvalue weighted by atomic mass is 10.0. The first-order chi connectivity index (χ1) is 7.07. The van der Waals surface area contributed by atoms with Gasteiger partial charge in [0.25, 0.3) is 0 Å². The molecule has 1 atom stereocenters. The number of hydrogen-bond acceptors (Lipinski definition) is 2. The highest BCUT2D eigenvalue weighted by Gasteiger charge is 2.09. The lowest BCUT2D eigenvalue weighted by Gasteiger charge is -2.26. The van der Waals surface area contributed by atoms with Gasteiger partial charge in [0.05, 0.1) is 0 Å². The van der Waals surface area contributed by atoms with Gasteiger partial charge in [-0.15, -0.1) is 0 Å². The molecule has 0 spiro atoms. The predicted molar refractivity (Wildman–Crippen MR) is 69.3 cm³/mol. The number of hydrogen-bond donors (Lipinski definition) is 1. The minimum atomic E-state index is 0.731. The van der Waals surface area contributed by atoms with E-state index >= 15 is 0 Å². The van der Waals surface area contributed by atoms with Crippen LogP contribution >= 0.6 is 0 Å². The van der Waals surface area contributed by atoms with Crippen molar-refractivity contribution in [3.05, 3.63) is 0 Å². The molecule has 92 valence electrons. The van der Waals surface area contributed by atoms with Crippen LogP contribution in [0.15, 0.2) is 0 Å². The monoisotopic (exact) mass is 214 g/mol. The second kappa shape index (κ2) is 9.17. The molecular weight excluding hydrogens is 184 g/mol. The predicted octanol–water partition coefficient (Wildman–Crippen LogP) is 2.74. The van der Waals surface area contributed by atoms with E-state index in [1.165, 1.54) is 32.2 Å². The third-order valence-electron chi connectivity index (χ3n) is 3.00. The van der Waals surface area contributed by atoms with E-state index in [0.717, 1.165) is 18.5 Å². The fourth-order valence-electron chi connectivity index (χ4n) is 1.92. The van der Waals surface area contributed by atoms with Crippen molar-refractivity contribution in [2.24, 2.45) is 5.92 Å². The van der Waals surface area contributed by atoms with Gasteiger partial charge in [0, 0.05) is 6.04 Å². The van der Waals surface area contributed by atoms with Crippen LogP contribution in [0, 0.1) is 5.92 Å². The molecule has 0 radical (unpaired) electrons. The molecule has 1 N–H and O–H groups in total. The van der Waals surface area contributed by atoms with E-state index in [4.69, 9.17) is 0 Å². The van der Waals surface area contributed by atoms with Crippen LogP contribution in [-0.4, -0.2) is 38.1 Å². The first kappa shape index (κ1) is 14.9. The molecular formula is C13H30N2. The zero-order valence-corrected chi connectivity index (χ0v) is 11.3. The zero-order chi connectivity index (χ0) is 11.7. The summed E-state index contributed by atoms with van der Waals surface area (Å²) in [6.45, 7) is 9.35. The molecule has 0 saturated carbocycles. The van der Waals surface area contributed by atoms with E-state index in [0.29, 0.717) is 0 Å². The molecule has 0 aliphatic rings. The molecule has 0 aliphatic heterocycles. The SMILES string of the molecule is CNCCCCCN(C)C(C)CC(C)C. The summed E-state index contributed by atoms with van der Waals surface area (Å²) in [6.07, 6.45) is 5.30. The third-order valence-corrected chi connectivity index (χ3v) is 3.00. The molecule has 0 aromatic rings. The number of unbranched alkanes of at least 4 members (excludes halogenated alkanes) is 2. The molecule has 0 aliphatic carbocycles. The Hall–Kier alpha value is -0.0800. The Kier molecular flexibility index (Phi) is 9.12. The van der Waals surface area contributed by atoms with Gasteiger partial charge in [0.1, 0.15) is 0 Å². The minimum Gasteiger partial charge on any atom is -0.320 e. The highest BCUT2D eigenvalue weighted by Crippen LogP contribution is 2.10. The van der Waals surface area contributed by atoms with E-state index in [1.54, 1.807) is 0 Å². The Morgan fingerprint density at radius 2 is 1.73 bits per heavy atom. The molecule has 0 aromatic heterocycles. The van der Waals surface area contributed by atoms with E-state index in [2.05, 4.69) is 38.0 Å². The van der Waals surface area contributed by atoms with Crippen LogP contribution in [0.2, 0.25) is 0 Å². The second-order valence-electron chi connectivity index (χ2n) is 5.12. The highest BCUT2D eigenvalue weighted by atomic mass is 15.1.